The summed E-state index contributed by atoms with van der Waals surface area (Å²) in [7, 11) is 1.80. The maximum Gasteiger partial charge on any atom is 0.311 e. The largest absolute Gasteiger partial charge is 0.481 e. The Morgan fingerprint density at radius 3 is 2.89 bits per heavy atom. The smallest absolute Gasteiger partial charge is 0.311 e. The minimum absolute atomic E-state index is 0.293. The zero-order valence-corrected chi connectivity index (χ0v) is 9.81. The third-order valence-corrected chi connectivity index (χ3v) is 3.23. The molecule has 0 aliphatic heterocycles. The zero-order valence-electron chi connectivity index (χ0n) is 9.81. The van der Waals surface area contributed by atoms with E-state index in [2.05, 4.69) is 20.6 Å². The molecule has 2 heterocycles. The molecule has 2 aromatic heterocycles. The first-order chi connectivity index (χ1) is 8.61. The quantitative estimate of drug-likeness (QED) is 0.813. The Bertz CT molecular complexity index is 597. The molecule has 1 N–H and O–H groups in total. The monoisotopic (exact) mass is 248 g/mol. The standard InChI is InChI=1S/C10H12N6O2/c1-15-5-2-7(12-15)8-11-13-14-16(8)6-10(3-4-10)9(17)18/h2,5H,3-4,6H2,1H3,(H,17,18). The Balaban J connectivity index is 1.91. The number of aliphatic carboxylic acids is 1. The van der Waals surface area contributed by atoms with E-state index in [0.29, 0.717) is 30.9 Å². The van der Waals surface area contributed by atoms with Gasteiger partial charge in [-0.2, -0.15) is 5.10 Å². The number of tetrazole rings is 1. The van der Waals surface area contributed by atoms with Gasteiger partial charge in [0.1, 0.15) is 5.69 Å². The Hall–Kier alpha value is -2.25. The van der Waals surface area contributed by atoms with Crippen molar-refractivity contribution >= 4 is 5.97 Å². The molecule has 1 fully saturated rings. The van der Waals surface area contributed by atoms with Crippen molar-refractivity contribution in [2.45, 2.75) is 19.4 Å². The van der Waals surface area contributed by atoms with E-state index in [9.17, 15) is 4.79 Å². The van der Waals surface area contributed by atoms with Crippen LogP contribution in [0.5, 0.6) is 0 Å². The van der Waals surface area contributed by atoms with Crippen molar-refractivity contribution in [3.05, 3.63) is 12.3 Å². The summed E-state index contributed by atoms with van der Waals surface area (Å²) in [5.74, 6) is -0.284. The topological polar surface area (TPSA) is 98.7 Å². The highest BCUT2D eigenvalue weighted by atomic mass is 16.4. The second-order valence-corrected chi connectivity index (χ2v) is 4.62. The van der Waals surface area contributed by atoms with Crippen LogP contribution >= 0.6 is 0 Å². The van der Waals surface area contributed by atoms with Crippen LogP contribution in [0, 0.1) is 5.41 Å². The van der Waals surface area contributed by atoms with Crippen LogP contribution in [0.15, 0.2) is 12.3 Å². The maximum absolute atomic E-state index is 11.2. The van der Waals surface area contributed by atoms with Crippen LogP contribution in [-0.2, 0) is 18.4 Å². The lowest BCUT2D eigenvalue weighted by Crippen LogP contribution is -2.22. The van der Waals surface area contributed by atoms with E-state index >= 15 is 0 Å². The molecule has 1 saturated carbocycles. The van der Waals surface area contributed by atoms with Crippen LogP contribution in [0.1, 0.15) is 12.8 Å². The first-order valence-electron chi connectivity index (χ1n) is 5.60. The Morgan fingerprint density at radius 2 is 2.33 bits per heavy atom. The Morgan fingerprint density at radius 1 is 1.56 bits per heavy atom. The number of carboxylic acids is 1. The molecule has 2 aromatic rings. The number of carboxylic acid groups (broad SMARTS) is 1. The molecule has 0 unspecified atom stereocenters. The molecule has 0 aromatic carbocycles. The van der Waals surface area contributed by atoms with Gasteiger partial charge in [-0.3, -0.25) is 9.48 Å². The molecular formula is C10H12N6O2. The van der Waals surface area contributed by atoms with Gasteiger partial charge in [0.25, 0.3) is 0 Å². The van der Waals surface area contributed by atoms with Crippen LogP contribution in [0.25, 0.3) is 11.5 Å². The van der Waals surface area contributed by atoms with E-state index in [-0.39, 0.29) is 0 Å². The van der Waals surface area contributed by atoms with Gasteiger partial charge in [-0.05, 0) is 29.3 Å². The molecule has 0 radical (unpaired) electrons. The Labute approximate surface area is 102 Å². The van der Waals surface area contributed by atoms with E-state index < -0.39 is 11.4 Å². The average molecular weight is 248 g/mol. The molecule has 0 spiro atoms. The Kier molecular flexibility index (Phi) is 2.19. The van der Waals surface area contributed by atoms with Gasteiger partial charge in [0.2, 0.25) is 5.82 Å². The molecule has 0 saturated heterocycles. The van der Waals surface area contributed by atoms with Gasteiger partial charge < -0.3 is 5.11 Å². The fraction of sp³-hybridized carbons (Fsp3) is 0.500. The molecule has 0 atom stereocenters. The van der Waals surface area contributed by atoms with E-state index in [1.165, 1.54) is 4.68 Å². The first kappa shape index (κ1) is 10.9. The predicted octanol–water partition coefficient (Wildman–Crippen LogP) is -0.0616. The molecule has 18 heavy (non-hydrogen) atoms. The first-order valence-corrected chi connectivity index (χ1v) is 5.60. The highest BCUT2D eigenvalue weighted by molar-refractivity contribution is 5.77. The molecule has 3 rings (SSSR count). The van der Waals surface area contributed by atoms with E-state index in [1.54, 1.807) is 24.0 Å². The fourth-order valence-electron chi connectivity index (χ4n) is 1.91. The third kappa shape index (κ3) is 1.66. The summed E-state index contributed by atoms with van der Waals surface area (Å²) in [6.45, 7) is 0.293. The highest BCUT2D eigenvalue weighted by Crippen LogP contribution is 2.47. The molecule has 0 amide bonds. The van der Waals surface area contributed by atoms with Crippen LogP contribution in [0.3, 0.4) is 0 Å². The van der Waals surface area contributed by atoms with Gasteiger partial charge in [0, 0.05) is 13.2 Å². The lowest BCUT2D eigenvalue weighted by atomic mass is 10.1. The van der Waals surface area contributed by atoms with Gasteiger partial charge in [0.05, 0.1) is 12.0 Å². The van der Waals surface area contributed by atoms with E-state index in [0.717, 1.165) is 0 Å². The van der Waals surface area contributed by atoms with Gasteiger partial charge in [-0.25, -0.2) is 4.68 Å². The van der Waals surface area contributed by atoms with E-state index in [1.807, 2.05) is 0 Å². The van der Waals surface area contributed by atoms with Crippen molar-refractivity contribution in [2.75, 3.05) is 0 Å². The summed E-state index contributed by atoms with van der Waals surface area (Å²) in [5, 5.41) is 24.7. The molecule has 1 aliphatic rings. The van der Waals surface area contributed by atoms with Crippen molar-refractivity contribution < 1.29 is 9.90 Å². The molecule has 8 nitrogen and oxygen atoms in total. The normalized spacial score (nSPS) is 16.7. The number of hydrogen-bond acceptors (Lipinski definition) is 5. The lowest BCUT2D eigenvalue weighted by molar-refractivity contribution is -0.144. The molecule has 1 aliphatic carbocycles. The number of carbonyl (C=O) groups is 1. The summed E-state index contributed by atoms with van der Waals surface area (Å²) in [4.78, 5) is 11.2. The van der Waals surface area contributed by atoms with Gasteiger partial charge >= 0.3 is 5.97 Å². The molecule has 0 bridgehead atoms. The van der Waals surface area contributed by atoms with Crippen molar-refractivity contribution in [2.24, 2.45) is 12.5 Å². The van der Waals surface area contributed by atoms with Gasteiger partial charge in [-0.15, -0.1) is 5.10 Å². The van der Waals surface area contributed by atoms with Gasteiger partial charge in [-0.1, -0.05) is 0 Å². The highest BCUT2D eigenvalue weighted by Gasteiger charge is 2.51. The maximum atomic E-state index is 11.2. The molecule has 8 heteroatoms. The summed E-state index contributed by atoms with van der Waals surface area (Å²) < 4.78 is 3.17. The fourth-order valence-corrected chi connectivity index (χ4v) is 1.91. The molecular weight excluding hydrogens is 236 g/mol. The number of aromatic nitrogens is 6. The van der Waals surface area contributed by atoms with Crippen LogP contribution in [0.2, 0.25) is 0 Å². The van der Waals surface area contributed by atoms with Crippen LogP contribution in [-0.4, -0.2) is 41.1 Å². The zero-order chi connectivity index (χ0) is 12.8. The average Bonchev–Trinajstić information content (AvgIpc) is 2.76. The van der Waals surface area contributed by atoms with Crippen molar-refractivity contribution in [1.29, 1.82) is 0 Å². The second kappa shape index (κ2) is 3.62. The summed E-state index contributed by atoms with van der Waals surface area (Å²) in [5.41, 5.74) is -0.0532. The number of nitrogens with zero attached hydrogens (tertiary/aromatic N) is 6. The second-order valence-electron chi connectivity index (χ2n) is 4.62. The lowest BCUT2D eigenvalue weighted by Gasteiger charge is -2.09. The third-order valence-electron chi connectivity index (χ3n) is 3.23. The van der Waals surface area contributed by atoms with Crippen molar-refractivity contribution in [3.8, 4) is 11.5 Å². The van der Waals surface area contributed by atoms with Crippen molar-refractivity contribution in [1.82, 2.24) is 30.0 Å². The number of rotatable bonds is 4. The molecule has 94 valence electrons. The minimum atomic E-state index is -0.787. The van der Waals surface area contributed by atoms with E-state index in [4.69, 9.17) is 5.11 Å². The van der Waals surface area contributed by atoms with Crippen molar-refractivity contribution in [3.63, 3.8) is 0 Å². The van der Waals surface area contributed by atoms with Crippen LogP contribution < -0.4 is 0 Å². The summed E-state index contributed by atoms with van der Waals surface area (Å²) in [6.07, 6.45) is 3.13. The summed E-state index contributed by atoms with van der Waals surface area (Å²) in [6, 6.07) is 1.79. The predicted molar refractivity (Wildman–Crippen MR) is 59.3 cm³/mol. The number of aryl methyl sites for hydroxylation is 1. The van der Waals surface area contributed by atoms with Crippen LogP contribution in [0.4, 0.5) is 0 Å². The minimum Gasteiger partial charge on any atom is -0.481 e. The van der Waals surface area contributed by atoms with Gasteiger partial charge in [0.15, 0.2) is 0 Å². The summed E-state index contributed by atoms with van der Waals surface area (Å²) >= 11 is 0. The SMILES string of the molecule is Cn1ccc(-c2nnnn2CC2(C(=O)O)CC2)n1. The number of hydrogen-bond donors (Lipinski definition) is 1.